The number of hydrogen-bond acceptors (Lipinski definition) is 5. The summed E-state index contributed by atoms with van der Waals surface area (Å²) in [6.07, 6.45) is 2.82. The average Bonchev–Trinajstić information content (AvgIpc) is 2.65. The molecule has 0 aliphatic rings. The minimum Gasteiger partial charge on any atom is -0.382 e. The second kappa shape index (κ2) is 9.42. The van der Waals surface area contributed by atoms with Crippen LogP contribution in [0.15, 0.2) is 76.8 Å². The van der Waals surface area contributed by atoms with Crippen LogP contribution in [0.4, 0.5) is 17.1 Å². The topological polar surface area (TPSA) is 49.8 Å². The minimum atomic E-state index is 0.402. The van der Waals surface area contributed by atoms with Gasteiger partial charge in [0.2, 0.25) is 0 Å². The summed E-state index contributed by atoms with van der Waals surface area (Å²) in [4.78, 5) is 1.13. The standard InChI is InChI=1S/C22H26N4S/c1-16(2)14-17(3)24-20-12-11-19(25-18-8-5-4-6-9-18)15-21(20)27-22-10-7-13-23-26-22/h4-13,15-17,24-25H,14H2,1-3H3. The van der Waals surface area contributed by atoms with Gasteiger partial charge in [0.1, 0.15) is 5.03 Å². The van der Waals surface area contributed by atoms with E-state index in [1.54, 1.807) is 18.0 Å². The normalized spacial score (nSPS) is 12.0. The van der Waals surface area contributed by atoms with E-state index in [0.717, 1.165) is 33.4 Å². The predicted molar refractivity (Wildman–Crippen MR) is 115 cm³/mol. The number of nitrogens with one attached hydrogen (secondary N) is 2. The highest BCUT2D eigenvalue weighted by molar-refractivity contribution is 7.99. The zero-order valence-corrected chi connectivity index (χ0v) is 16.8. The first-order valence-corrected chi connectivity index (χ1v) is 10.1. The van der Waals surface area contributed by atoms with Crippen LogP contribution in [0.25, 0.3) is 0 Å². The van der Waals surface area contributed by atoms with E-state index in [1.807, 2.05) is 30.3 Å². The number of rotatable bonds is 8. The minimum absolute atomic E-state index is 0.402. The van der Waals surface area contributed by atoms with Crippen LogP contribution in [0.5, 0.6) is 0 Å². The highest BCUT2D eigenvalue weighted by Crippen LogP contribution is 2.35. The average molecular weight is 379 g/mol. The van der Waals surface area contributed by atoms with Crippen molar-refractivity contribution in [3.63, 3.8) is 0 Å². The van der Waals surface area contributed by atoms with Gasteiger partial charge >= 0.3 is 0 Å². The van der Waals surface area contributed by atoms with Crippen molar-refractivity contribution >= 4 is 28.8 Å². The monoisotopic (exact) mass is 378 g/mol. The van der Waals surface area contributed by atoms with Gasteiger partial charge in [0.25, 0.3) is 0 Å². The van der Waals surface area contributed by atoms with Gasteiger partial charge in [-0.15, -0.1) is 5.10 Å². The molecule has 0 aliphatic carbocycles. The molecule has 0 radical (unpaired) electrons. The van der Waals surface area contributed by atoms with Crippen LogP contribution in [0.1, 0.15) is 27.2 Å². The van der Waals surface area contributed by atoms with Crippen molar-refractivity contribution in [2.75, 3.05) is 10.6 Å². The molecule has 1 unspecified atom stereocenters. The third-order valence-electron chi connectivity index (χ3n) is 4.03. The number of benzene rings is 2. The fraction of sp³-hybridized carbons (Fsp3) is 0.273. The molecule has 0 spiro atoms. The van der Waals surface area contributed by atoms with Crippen LogP contribution in [0, 0.1) is 5.92 Å². The summed E-state index contributed by atoms with van der Waals surface area (Å²) in [7, 11) is 0. The lowest BCUT2D eigenvalue weighted by Crippen LogP contribution is -2.17. The summed E-state index contributed by atoms with van der Waals surface area (Å²) in [5.41, 5.74) is 3.24. The van der Waals surface area contributed by atoms with E-state index in [1.165, 1.54) is 0 Å². The Bertz CT molecular complexity index is 837. The van der Waals surface area contributed by atoms with Crippen LogP contribution in [0.2, 0.25) is 0 Å². The maximum Gasteiger partial charge on any atom is 0.124 e. The number of hydrogen-bond donors (Lipinski definition) is 2. The van der Waals surface area contributed by atoms with E-state index in [0.29, 0.717) is 12.0 Å². The Kier molecular flexibility index (Phi) is 6.71. The fourth-order valence-electron chi connectivity index (χ4n) is 2.98. The van der Waals surface area contributed by atoms with Crippen molar-refractivity contribution in [3.05, 3.63) is 66.9 Å². The van der Waals surface area contributed by atoms with Crippen LogP contribution >= 0.6 is 11.8 Å². The Hall–Kier alpha value is -2.53. The summed E-state index contributed by atoms with van der Waals surface area (Å²) < 4.78 is 0. The summed E-state index contributed by atoms with van der Waals surface area (Å²) >= 11 is 1.62. The Labute approximate surface area is 165 Å². The van der Waals surface area contributed by atoms with Crippen LogP contribution in [-0.4, -0.2) is 16.2 Å². The molecule has 3 rings (SSSR count). The molecule has 140 valence electrons. The number of para-hydroxylation sites is 1. The van der Waals surface area contributed by atoms with Gasteiger partial charge in [-0.25, -0.2) is 0 Å². The number of nitrogens with zero attached hydrogens (tertiary/aromatic N) is 2. The molecular weight excluding hydrogens is 352 g/mol. The molecule has 0 amide bonds. The molecule has 2 N–H and O–H groups in total. The maximum absolute atomic E-state index is 4.22. The second-order valence-electron chi connectivity index (χ2n) is 7.04. The first-order valence-electron chi connectivity index (χ1n) is 9.28. The van der Waals surface area contributed by atoms with Gasteiger partial charge in [0, 0.05) is 34.2 Å². The third-order valence-corrected chi connectivity index (χ3v) is 5.02. The molecule has 1 heterocycles. The van der Waals surface area contributed by atoms with Gasteiger partial charge in [-0.1, -0.05) is 43.8 Å². The lowest BCUT2D eigenvalue weighted by molar-refractivity contribution is 0.539. The first kappa shape index (κ1) is 19.2. The van der Waals surface area contributed by atoms with Gasteiger partial charge in [-0.3, -0.25) is 0 Å². The molecule has 0 aliphatic heterocycles. The summed E-state index contributed by atoms with van der Waals surface area (Å²) in [6.45, 7) is 6.73. The van der Waals surface area contributed by atoms with E-state index < -0.39 is 0 Å². The van der Waals surface area contributed by atoms with Crippen molar-refractivity contribution in [2.45, 2.75) is 43.2 Å². The van der Waals surface area contributed by atoms with Gasteiger partial charge in [0.15, 0.2) is 0 Å². The van der Waals surface area contributed by atoms with Crippen molar-refractivity contribution in [1.82, 2.24) is 10.2 Å². The second-order valence-corrected chi connectivity index (χ2v) is 8.10. The van der Waals surface area contributed by atoms with Gasteiger partial charge < -0.3 is 10.6 Å². The molecule has 3 aromatic rings. The molecule has 0 saturated heterocycles. The lowest BCUT2D eigenvalue weighted by Gasteiger charge is -2.20. The maximum atomic E-state index is 4.22. The van der Waals surface area contributed by atoms with Gasteiger partial charge in [-0.05, 0) is 61.7 Å². The van der Waals surface area contributed by atoms with E-state index in [-0.39, 0.29) is 0 Å². The highest BCUT2D eigenvalue weighted by Gasteiger charge is 2.11. The molecular formula is C22H26N4S. The summed E-state index contributed by atoms with van der Waals surface area (Å²) in [6, 6.07) is 20.9. The molecule has 1 aromatic heterocycles. The molecule has 5 heteroatoms. The zero-order chi connectivity index (χ0) is 19.1. The van der Waals surface area contributed by atoms with Gasteiger partial charge in [-0.2, -0.15) is 5.10 Å². The smallest absolute Gasteiger partial charge is 0.124 e. The third kappa shape index (κ3) is 6.00. The quantitative estimate of drug-likeness (QED) is 0.487. The Morgan fingerprint density at radius 3 is 2.44 bits per heavy atom. The molecule has 1 atom stereocenters. The Balaban J connectivity index is 1.85. The van der Waals surface area contributed by atoms with E-state index in [4.69, 9.17) is 0 Å². The fourth-order valence-corrected chi connectivity index (χ4v) is 3.86. The lowest BCUT2D eigenvalue weighted by atomic mass is 10.1. The van der Waals surface area contributed by atoms with Crippen molar-refractivity contribution in [3.8, 4) is 0 Å². The van der Waals surface area contributed by atoms with Crippen LogP contribution < -0.4 is 10.6 Å². The van der Waals surface area contributed by atoms with E-state index in [9.17, 15) is 0 Å². The molecule has 0 fully saturated rings. The molecule has 0 bridgehead atoms. The van der Waals surface area contributed by atoms with Crippen molar-refractivity contribution in [2.24, 2.45) is 5.92 Å². The number of anilines is 3. The van der Waals surface area contributed by atoms with Crippen LogP contribution in [-0.2, 0) is 0 Å². The first-order chi connectivity index (χ1) is 13.1. The summed E-state index contributed by atoms with van der Waals surface area (Å²) in [5, 5.41) is 16.2. The zero-order valence-electron chi connectivity index (χ0n) is 16.0. The molecule has 0 saturated carbocycles. The molecule has 27 heavy (non-hydrogen) atoms. The number of aromatic nitrogens is 2. The molecule has 4 nitrogen and oxygen atoms in total. The van der Waals surface area contributed by atoms with Crippen molar-refractivity contribution in [1.29, 1.82) is 0 Å². The Morgan fingerprint density at radius 2 is 1.74 bits per heavy atom. The van der Waals surface area contributed by atoms with E-state index in [2.05, 4.69) is 71.9 Å². The Morgan fingerprint density at radius 1 is 0.926 bits per heavy atom. The predicted octanol–water partition coefficient (Wildman–Crippen LogP) is 6.22. The van der Waals surface area contributed by atoms with E-state index >= 15 is 0 Å². The highest BCUT2D eigenvalue weighted by atomic mass is 32.2. The molecule has 2 aromatic carbocycles. The van der Waals surface area contributed by atoms with Crippen molar-refractivity contribution < 1.29 is 0 Å². The largest absolute Gasteiger partial charge is 0.382 e. The van der Waals surface area contributed by atoms with Gasteiger partial charge in [0.05, 0.1) is 0 Å². The van der Waals surface area contributed by atoms with Crippen LogP contribution in [0.3, 0.4) is 0 Å². The summed E-state index contributed by atoms with van der Waals surface area (Å²) in [5.74, 6) is 0.655. The SMILES string of the molecule is CC(C)CC(C)Nc1ccc(Nc2ccccc2)cc1Sc1cccnn1.